The first-order valence-electron chi connectivity index (χ1n) is 11.1. The largest absolute Gasteiger partial charge is 0.282 e. The van der Waals surface area contributed by atoms with E-state index in [-0.39, 0.29) is 15.6 Å². The number of fused-ring (bicyclic) bond motifs is 5. The standard InChI is InChI=1S/C23H12Cl6N4O7/c24-16-17(25)22(27)15-14(21(16,26)23(22,28)29)19(35)31(20(15)36)30(9-10-5-1-3-7-12(10)32(37)38)18(34)11-6-2-4-8-13(11)33(39)40/h1-8,14-15H,9H2/t14-,15+,21-,22-/m1/s1. The van der Waals surface area contributed by atoms with Crippen LogP contribution in [0.2, 0.25) is 0 Å². The number of imide groups is 1. The molecule has 1 heterocycles. The number of alkyl halides is 4. The second-order valence-corrected chi connectivity index (χ2v) is 12.4. The molecule has 2 fully saturated rings. The third-order valence-corrected chi connectivity index (χ3v) is 11.5. The molecule has 2 bridgehead atoms. The normalized spacial score (nSPS) is 28.2. The van der Waals surface area contributed by atoms with Gasteiger partial charge in [0, 0.05) is 12.1 Å². The number of nitro groups is 2. The summed E-state index contributed by atoms with van der Waals surface area (Å²) in [6.07, 6.45) is 0. The minimum atomic E-state index is -2.24. The average molecular weight is 669 g/mol. The van der Waals surface area contributed by atoms with E-state index in [1.165, 1.54) is 30.3 Å². The molecular formula is C23H12Cl6N4O7. The van der Waals surface area contributed by atoms with Crippen LogP contribution in [0.25, 0.3) is 0 Å². The van der Waals surface area contributed by atoms with Gasteiger partial charge >= 0.3 is 0 Å². The van der Waals surface area contributed by atoms with Gasteiger partial charge in [-0.05, 0) is 6.07 Å². The Morgan fingerprint density at radius 3 is 1.77 bits per heavy atom. The highest BCUT2D eigenvalue weighted by molar-refractivity contribution is 6.66. The lowest BCUT2D eigenvalue weighted by Crippen LogP contribution is -2.55. The van der Waals surface area contributed by atoms with Gasteiger partial charge in [0.1, 0.15) is 15.3 Å². The fourth-order valence-electron chi connectivity index (χ4n) is 5.39. The smallest absolute Gasteiger partial charge is 0.272 e. The molecule has 17 heteroatoms. The molecule has 2 aliphatic carbocycles. The number of hydrogen-bond acceptors (Lipinski definition) is 7. The van der Waals surface area contributed by atoms with Crippen LogP contribution in [0.4, 0.5) is 11.4 Å². The Hall–Kier alpha value is -2.67. The zero-order valence-electron chi connectivity index (χ0n) is 19.4. The van der Waals surface area contributed by atoms with Crippen molar-refractivity contribution in [1.82, 2.24) is 10.0 Å². The van der Waals surface area contributed by atoms with Gasteiger partial charge in [-0.15, -0.1) is 23.2 Å². The second-order valence-electron chi connectivity index (χ2n) is 9.09. The molecule has 1 aliphatic heterocycles. The molecule has 1 saturated heterocycles. The molecule has 3 amide bonds. The van der Waals surface area contributed by atoms with Gasteiger partial charge in [-0.3, -0.25) is 34.6 Å². The van der Waals surface area contributed by atoms with Crippen LogP contribution >= 0.6 is 69.6 Å². The van der Waals surface area contributed by atoms with Crippen molar-refractivity contribution in [3.8, 4) is 0 Å². The summed E-state index contributed by atoms with van der Waals surface area (Å²) >= 11 is 39.1. The van der Waals surface area contributed by atoms with Gasteiger partial charge in [0.15, 0.2) is 4.33 Å². The van der Waals surface area contributed by atoms with Crippen LogP contribution < -0.4 is 0 Å². The SMILES string of the molecule is O=C(c1ccccc1[N+](=O)[O-])N(Cc1ccccc1[N+](=O)[O-])N1C(=O)[C@@H]2[C@H](C1=O)[C@@]1(Cl)C(Cl)=C(Cl)[C@@]2(Cl)C1(Cl)Cl. The Bertz CT molecular complexity index is 1540. The Labute approximate surface area is 254 Å². The minimum absolute atomic E-state index is 0.0977. The Balaban J connectivity index is 1.68. The molecule has 11 nitrogen and oxygen atoms in total. The molecule has 40 heavy (non-hydrogen) atoms. The number of halogens is 6. The highest BCUT2D eigenvalue weighted by atomic mass is 35.5. The molecule has 0 unspecified atom stereocenters. The molecular weight excluding hydrogens is 657 g/mol. The molecule has 0 aromatic heterocycles. The van der Waals surface area contributed by atoms with Crippen LogP contribution in [0.5, 0.6) is 0 Å². The van der Waals surface area contributed by atoms with Gasteiger partial charge in [-0.25, -0.2) is 5.01 Å². The number of hydrazine groups is 1. The lowest BCUT2D eigenvalue weighted by molar-refractivity contribution is -0.385. The average Bonchev–Trinajstić information content (AvgIpc) is 3.30. The lowest BCUT2D eigenvalue weighted by Gasteiger charge is -2.37. The van der Waals surface area contributed by atoms with E-state index in [0.29, 0.717) is 10.0 Å². The first-order chi connectivity index (χ1) is 18.6. The maximum absolute atomic E-state index is 13.9. The van der Waals surface area contributed by atoms with E-state index in [1.54, 1.807) is 0 Å². The van der Waals surface area contributed by atoms with E-state index in [0.717, 1.165) is 18.2 Å². The van der Waals surface area contributed by atoms with E-state index < -0.39 is 77.0 Å². The first-order valence-corrected chi connectivity index (χ1v) is 13.4. The zero-order chi connectivity index (χ0) is 29.5. The molecule has 4 atom stereocenters. The van der Waals surface area contributed by atoms with E-state index in [4.69, 9.17) is 69.6 Å². The summed E-state index contributed by atoms with van der Waals surface area (Å²) in [6, 6.07) is 10.0. The number of benzene rings is 2. The molecule has 208 valence electrons. The highest BCUT2D eigenvalue weighted by Gasteiger charge is 2.88. The molecule has 3 aliphatic rings. The topological polar surface area (TPSA) is 144 Å². The van der Waals surface area contributed by atoms with E-state index in [9.17, 15) is 34.6 Å². The van der Waals surface area contributed by atoms with Crippen LogP contribution in [-0.2, 0) is 16.1 Å². The van der Waals surface area contributed by atoms with Crippen LogP contribution in [0.1, 0.15) is 15.9 Å². The number of carbonyl (C=O) groups is 3. The van der Waals surface area contributed by atoms with Crippen molar-refractivity contribution in [1.29, 1.82) is 0 Å². The predicted molar refractivity (Wildman–Crippen MR) is 145 cm³/mol. The van der Waals surface area contributed by atoms with Crippen molar-refractivity contribution in [3.05, 3.63) is 90.0 Å². The number of para-hydroxylation sites is 2. The van der Waals surface area contributed by atoms with Gasteiger partial charge < -0.3 is 0 Å². The van der Waals surface area contributed by atoms with Crippen LogP contribution in [0.3, 0.4) is 0 Å². The highest BCUT2D eigenvalue weighted by Crippen LogP contribution is 2.77. The van der Waals surface area contributed by atoms with Gasteiger partial charge in [0.25, 0.3) is 29.1 Å². The number of amides is 3. The van der Waals surface area contributed by atoms with E-state index in [1.807, 2.05) is 0 Å². The van der Waals surface area contributed by atoms with Crippen molar-refractivity contribution in [2.24, 2.45) is 11.8 Å². The Morgan fingerprint density at radius 2 is 1.27 bits per heavy atom. The van der Waals surface area contributed by atoms with Crippen molar-refractivity contribution in [3.63, 3.8) is 0 Å². The molecule has 5 rings (SSSR count). The summed E-state index contributed by atoms with van der Waals surface area (Å²) < 4.78 is -2.24. The summed E-state index contributed by atoms with van der Waals surface area (Å²) in [5, 5.41) is 23.6. The lowest BCUT2D eigenvalue weighted by atomic mass is 9.84. The molecule has 2 aromatic rings. The monoisotopic (exact) mass is 666 g/mol. The number of rotatable bonds is 6. The summed E-state index contributed by atoms with van der Waals surface area (Å²) in [5.74, 6) is -6.66. The van der Waals surface area contributed by atoms with Crippen molar-refractivity contribution in [2.75, 3.05) is 0 Å². The molecule has 0 radical (unpaired) electrons. The van der Waals surface area contributed by atoms with Crippen LogP contribution in [0.15, 0.2) is 58.6 Å². The quantitative estimate of drug-likeness (QED) is 0.171. The number of carbonyl (C=O) groups excluding carboxylic acids is 3. The van der Waals surface area contributed by atoms with Crippen molar-refractivity contribution in [2.45, 2.75) is 20.6 Å². The molecule has 0 N–H and O–H groups in total. The molecule has 2 aromatic carbocycles. The fourth-order valence-corrected chi connectivity index (χ4v) is 8.32. The van der Waals surface area contributed by atoms with Gasteiger partial charge in [0.2, 0.25) is 0 Å². The van der Waals surface area contributed by atoms with Crippen LogP contribution in [0, 0.1) is 32.1 Å². The van der Waals surface area contributed by atoms with E-state index >= 15 is 0 Å². The molecule has 0 spiro atoms. The summed E-state index contributed by atoms with van der Waals surface area (Å²) in [7, 11) is 0. The van der Waals surface area contributed by atoms with Gasteiger partial charge in [-0.2, -0.15) is 5.01 Å². The maximum atomic E-state index is 13.9. The summed E-state index contributed by atoms with van der Waals surface area (Å²) in [4.78, 5) is 59.2. The summed E-state index contributed by atoms with van der Waals surface area (Å²) in [6.45, 7) is -0.731. The fraction of sp³-hybridized carbons (Fsp3) is 0.261. The maximum Gasteiger partial charge on any atom is 0.282 e. The third kappa shape index (κ3) is 3.48. The Morgan fingerprint density at radius 1 is 0.825 bits per heavy atom. The third-order valence-electron chi connectivity index (χ3n) is 7.20. The number of nitrogens with zero attached hydrogens (tertiary/aromatic N) is 4. The number of allylic oxidation sites excluding steroid dienone is 2. The summed E-state index contributed by atoms with van der Waals surface area (Å²) in [5.41, 5.74) is -1.70. The Kier molecular flexibility index (Phi) is 6.80. The van der Waals surface area contributed by atoms with E-state index in [2.05, 4.69) is 0 Å². The minimum Gasteiger partial charge on any atom is -0.272 e. The number of hydrogen-bond donors (Lipinski definition) is 0. The van der Waals surface area contributed by atoms with Crippen molar-refractivity contribution >= 4 is 98.7 Å². The molecule has 1 saturated carbocycles. The van der Waals surface area contributed by atoms with Crippen LogP contribution in [-0.4, -0.2) is 51.7 Å². The predicted octanol–water partition coefficient (Wildman–Crippen LogP) is 5.51. The number of nitro benzene ring substituents is 2. The van der Waals surface area contributed by atoms with Crippen molar-refractivity contribution < 1.29 is 24.2 Å². The van der Waals surface area contributed by atoms with Gasteiger partial charge in [0.05, 0.1) is 43.9 Å². The second kappa shape index (κ2) is 9.43. The first kappa shape index (κ1) is 28.8. The van der Waals surface area contributed by atoms with Gasteiger partial charge in [-0.1, -0.05) is 76.7 Å². The zero-order valence-corrected chi connectivity index (χ0v) is 23.9.